The summed E-state index contributed by atoms with van der Waals surface area (Å²) in [4.78, 5) is 8.56. The molecule has 0 bridgehead atoms. The van der Waals surface area contributed by atoms with Gasteiger partial charge in [-0.15, -0.1) is 0 Å². The second-order valence-electron chi connectivity index (χ2n) is 6.30. The number of aryl methyl sites for hydroxylation is 2. The molecule has 0 aliphatic carbocycles. The van der Waals surface area contributed by atoms with E-state index in [4.69, 9.17) is 0 Å². The second-order valence-corrected chi connectivity index (χ2v) is 6.30. The Morgan fingerprint density at radius 2 is 1.89 bits per heavy atom. The van der Waals surface area contributed by atoms with Gasteiger partial charge in [-0.3, -0.25) is 9.98 Å². The van der Waals surface area contributed by atoms with Crippen LogP contribution in [0.15, 0.2) is 65.9 Å². The van der Waals surface area contributed by atoms with Gasteiger partial charge in [-0.25, -0.2) is 4.68 Å². The van der Waals surface area contributed by atoms with Crippen molar-refractivity contribution in [3.05, 3.63) is 77.9 Å². The zero-order valence-electron chi connectivity index (χ0n) is 15.9. The lowest BCUT2D eigenvalue weighted by Gasteiger charge is -2.11. The summed E-state index contributed by atoms with van der Waals surface area (Å²) in [5.41, 5.74) is 4.43. The normalized spacial score (nSPS) is 11.4. The minimum atomic E-state index is 0.656. The fraction of sp³-hybridized carbons (Fsp3) is 0.286. The Hall–Kier alpha value is -3.15. The third kappa shape index (κ3) is 5.41. The molecule has 2 N–H and O–H groups in total. The van der Waals surface area contributed by atoms with Gasteiger partial charge in [0.1, 0.15) is 0 Å². The maximum absolute atomic E-state index is 4.63. The van der Waals surface area contributed by atoms with Crippen molar-refractivity contribution in [3.63, 3.8) is 0 Å². The number of aromatic nitrogens is 3. The third-order valence-corrected chi connectivity index (χ3v) is 4.32. The van der Waals surface area contributed by atoms with Crippen LogP contribution in [0.25, 0.3) is 5.69 Å². The summed E-state index contributed by atoms with van der Waals surface area (Å²) in [5.74, 6) is 0.789. The minimum Gasteiger partial charge on any atom is -0.356 e. The van der Waals surface area contributed by atoms with E-state index < -0.39 is 0 Å². The van der Waals surface area contributed by atoms with Gasteiger partial charge in [0.05, 0.1) is 23.6 Å². The molecule has 0 saturated heterocycles. The van der Waals surface area contributed by atoms with Crippen LogP contribution in [0.4, 0.5) is 0 Å². The Bertz CT molecular complexity index is 855. The Labute approximate surface area is 160 Å². The minimum absolute atomic E-state index is 0.656. The average Bonchev–Trinajstić information content (AvgIpc) is 3.09. The highest BCUT2D eigenvalue weighted by Gasteiger charge is 2.06. The van der Waals surface area contributed by atoms with Crippen molar-refractivity contribution in [2.45, 2.75) is 26.3 Å². The van der Waals surface area contributed by atoms with Crippen LogP contribution in [0.1, 0.15) is 23.4 Å². The molecule has 0 radical (unpaired) electrons. The number of hydrogen-bond donors (Lipinski definition) is 2. The van der Waals surface area contributed by atoms with Crippen LogP contribution < -0.4 is 10.6 Å². The number of hydrogen-bond acceptors (Lipinski definition) is 3. The van der Waals surface area contributed by atoms with E-state index in [9.17, 15) is 0 Å². The quantitative estimate of drug-likeness (QED) is 0.385. The van der Waals surface area contributed by atoms with Crippen molar-refractivity contribution in [1.82, 2.24) is 25.4 Å². The Morgan fingerprint density at radius 1 is 1.07 bits per heavy atom. The van der Waals surface area contributed by atoms with Gasteiger partial charge >= 0.3 is 0 Å². The lowest BCUT2D eigenvalue weighted by atomic mass is 10.1. The van der Waals surface area contributed by atoms with Crippen LogP contribution in [0.5, 0.6) is 0 Å². The maximum atomic E-state index is 4.63. The third-order valence-electron chi connectivity index (χ3n) is 4.32. The Kier molecular flexibility index (Phi) is 6.57. The van der Waals surface area contributed by atoms with Gasteiger partial charge in [-0.1, -0.05) is 24.3 Å². The van der Waals surface area contributed by atoms with Crippen molar-refractivity contribution in [2.24, 2.45) is 4.99 Å². The molecular formula is C21H26N6. The molecule has 2 heterocycles. The van der Waals surface area contributed by atoms with Crippen molar-refractivity contribution in [1.29, 1.82) is 0 Å². The highest BCUT2D eigenvalue weighted by atomic mass is 15.3. The topological polar surface area (TPSA) is 67.1 Å². The monoisotopic (exact) mass is 362 g/mol. The summed E-state index contributed by atoms with van der Waals surface area (Å²) in [6.07, 6.45) is 5.90. The number of nitrogens with one attached hydrogen (secondary N) is 2. The van der Waals surface area contributed by atoms with Gasteiger partial charge in [0.15, 0.2) is 5.96 Å². The molecule has 6 nitrogen and oxygen atoms in total. The first kappa shape index (κ1) is 18.6. The maximum Gasteiger partial charge on any atom is 0.191 e. The van der Waals surface area contributed by atoms with Gasteiger partial charge in [0.25, 0.3) is 0 Å². The van der Waals surface area contributed by atoms with Crippen molar-refractivity contribution >= 4 is 5.96 Å². The largest absolute Gasteiger partial charge is 0.356 e. The summed E-state index contributed by atoms with van der Waals surface area (Å²) in [5, 5.41) is 11.3. The highest BCUT2D eigenvalue weighted by Crippen LogP contribution is 2.13. The predicted molar refractivity (Wildman–Crippen MR) is 109 cm³/mol. The van der Waals surface area contributed by atoms with E-state index in [1.54, 1.807) is 13.2 Å². The first-order valence-corrected chi connectivity index (χ1v) is 9.21. The van der Waals surface area contributed by atoms with Gasteiger partial charge in [-0.2, -0.15) is 5.10 Å². The molecule has 140 valence electrons. The van der Waals surface area contributed by atoms with Crippen LogP contribution in [0.2, 0.25) is 0 Å². The van der Waals surface area contributed by atoms with Gasteiger partial charge in [0, 0.05) is 26.0 Å². The van der Waals surface area contributed by atoms with Crippen molar-refractivity contribution < 1.29 is 0 Å². The molecule has 27 heavy (non-hydrogen) atoms. The summed E-state index contributed by atoms with van der Waals surface area (Å²) < 4.78 is 1.95. The first-order chi connectivity index (χ1) is 13.3. The average molecular weight is 362 g/mol. The highest BCUT2D eigenvalue weighted by molar-refractivity contribution is 5.79. The van der Waals surface area contributed by atoms with E-state index in [1.165, 1.54) is 5.56 Å². The molecule has 6 heteroatoms. The molecule has 1 aromatic carbocycles. The number of guanidine groups is 1. The molecule has 3 aromatic rings. The molecule has 0 atom stereocenters. The SMILES string of the molecule is CN=C(NCCCc1cn(-c2ccccc2)nc1C)NCc1ccccn1. The second kappa shape index (κ2) is 9.52. The first-order valence-electron chi connectivity index (χ1n) is 9.21. The smallest absolute Gasteiger partial charge is 0.191 e. The fourth-order valence-electron chi connectivity index (χ4n) is 2.84. The summed E-state index contributed by atoms with van der Waals surface area (Å²) in [7, 11) is 1.78. The molecule has 0 fully saturated rings. The van der Waals surface area contributed by atoms with E-state index >= 15 is 0 Å². The number of aliphatic imine (C=N–C) groups is 1. The predicted octanol–water partition coefficient (Wildman–Crippen LogP) is 2.87. The molecule has 0 spiro atoms. The molecule has 0 unspecified atom stereocenters. The van der Waals surface area contributed by atoms with Gasteiger partial charge in [-0.05, 0) is 49.6 Å². The van der Waals surface area contributed by atoms with Crippen molar-refractivity contribution in [3.8, 4) is 5.69 Å². The van der Waals surface area contributed by atoms with E-state index in [2.05, 4.69) is 51.0 Å². The number of nitrogens with zero attached hydrogens (tertiary/aromatic N) is 4. The van der Waals surface area contributed by atoms with Crippen LogP contribution in [0.3, 0.4) is 0 Å². The van der Waals surface area contributed by atoms with Crippen LogP contribution in [-0.2, 0) is 13.0 Å². The van der Waals surface area contributed by atoms with Gasteiger partial charge < -0.3 is 10.6 Å². The molecule has 0 aliphatic heterocycles. The van der Waals surface area contributed by atoms with Crippen molar-refractivity contribution in [2.75, 3.05) is 13.6 Å². The standard InChI is InChI=1S/C21H26N6/c1-17-18(16-27(26-17)20-11-4-3-5-12-20)9-8-14-24-21(22-2)25-15-19-10-6-7-13-23-19/h3-7,10-13,16H,8-9,14-15H2,1-2H3,(H2,22,24,25). The molecule has 3 rings (SSSR count). The zero-order valence-corrected chi connectivity index (χ0v) is 15.9. The summed E-state index contributed by atoms with van der Waals surface area (Å²) in [6, 6.07) is 16.1. The number of rotatable bonds is 7. The zero-order chi connectivity index (χ0) is 18.9. The molecule has 0 amide bonds. The van der Waals surface area contributed by atoms with E-state index in [0.29, 0.717) is 6.54 Å². The van der Waals surface area contributed by atoms with Gasteiger partial charge in [0.2, 0.25) is 0 Å². The molecular weight excluding hydrogens is 336 g/mol. The fourth-order valence-corrected chi connectivity index (χ4v) is 2.84. The number of pyridine rings is 1. The molecule has 0 aliphatic rings. The lowest BCUT2D eigenvalue weighted by molar-refractivity contribution is 0.736. The Balaban J connectivity index is 1.45. The van der Waals surface area contributed by atoms with Crippen LogP contribution in [0, 0.1) is 6.92 Å². The summed E-state index contributed by atoms with van der Waals surface area (Å²) >= 11 is 0. The number of benzene rings is 1. The summed E-state index contributed by atoms with van der Waals surface area (Å²) in [6.45, 7) is 3.57. The van der Waals surface area contributed by atoms with E-state index in [-0.39, 0.29) is 0 Å². The van der Waals surface area contributed by atoms with E-state index in [1.807, 2.05) is 41.1 Å². The number of para-hydroxylation sites is 1. The van der Waals surface area contributed by atoms with E-state index in [0.717, 1.165) is 42.4 Å². The lowest BCUT2D eigenvalue weighted by Crippen LogP contribution is -2.37. The van der Waals surface area contributed by atoms with Crippen LogP contribution >= 0.6 is 0 Å². The molecule has 0 saturated carbocycles. The Morgan fingerprint density at radius 3 is 2.63 bits per heavy atom. The molecule has 2 aromatic heterocycles. The van der Waals surface area contributed by atoms with Crippen LogP contribution in [-0.4, -0.2) is 34.3 Å².